The van der Waals surface area contributed by atoms with Gasteiger partial charge >= 0.3 is 38.2 Å². The van der Waals surface area contributed by atoms with Crippen LogP contribution in [0.3, 0.4) is 0 Å². The number of hydrogen-bond acceptors (Lipinski definition) is 2. The first-order chi connectivity index (χ1) is 6.41. The molecule has 0 bridgehead atoms. The van der Waals surface area contributed by atoms with Gasteiger partial charge in [-0.2, -0.15) is 0 Å². The van der Waals surface area contributed by atoms with Gasteiger partial charge in [-0.05, 0) is 6.42 Å². The van der Waals surface area contributed by atoms with Crippen LogP contribution in [0.1, 0.15) is 58.3 Å². The van der Waals surface area contributed by atoms with Gasteiger partial charge in [0.2, 0.25) is 0 Å². The Morgan fingerprint density at radius 3 is 1.93 bits per heavy atom. The Hall–Kier alpha value is 1.06. The summed E-state index contributed by atoms with van der Waals surface area (Å²) < 4.78 is 14.6. The molecule has 0 unspecified atom stereocenters. The zero-order valence-electron chi connectivity index (χ0n) is 9.63. The van der Waals surface area contributed by atoms with E-state index >= 15 is 0 Å². The minimum Gasteiger partial charge on any atom is -0.294 e. The summed E-state index contributed by atoms with van der Waals surface area (Å²) in [4.78, 5) is 0. The van der Waals surface area contributed by atoms with Gasteiger partial charge in [0.25, 0.3) is 0 Å². The van der Waals surface area contributed by atoms with Crippen molar-refractivity contribution < 1.29 is 38.6 Å². The summed E-state index contributed by atoms with van der Waals surface area (Å²) in [5.74, 6) is 0. The van der Waals surface area contributed by atoms with Crippen LogP contribution in [0.5, 0.6) is 0 Å². The van der Waals surface area contributed by atoms with Crippen molar-refractivity contribution >= 4 is 8.69 Å². The zero-order chi connectivity index (χ0) is 9.78. The monoisotopic (exact) mass is 227 g/mol. The van der Waals surface area contributed by atoms with Gasteiger partial charge < -0.3 is 0 Å². The van der Waals surface area contributed by atoms with E-state index in [0.29, 0.717) is 6.61 Å². The summed E-state index contributed by atoms with van der Waals surface area (Å²) in [5.41, 5.74) is 0. The molecule has 0 N–H and O–H groups in total. The SMILES string of the molecule is CCCCCCCCCCOP=O.[Na+]. The molecule has 2 nitrogen and oxygen atoms in total. The van der Waals surface area contributed by atoms with Crippen LogP contribution in [0.15, 0.2) is 0 Å². The first-order valence-corrected chi connectivity index (χ1v) is 6.09. The van der Waals surface area contributed by atoms with Gasteiger partial charge in [0, 0.05) is 0 Å². The quantitative estimate of drug-likeness (QED) is 0.320. The molecular weight excluding hydrogens is 206 g/mol. The average Bonchev–Trinajstić information content (AvgIpc) is 2.16. The minimum absolute atomic E-state index is 0. The summed E-state index contributed by atoms with van der Waals surface area (Å²) in [6.45, 7) is 2.87. The molecule has 0 fully saturated rings. The predicted octanol–water partition coefficient (Wildman–Crippen LogP) is 1.35. The Balaban J connectivity index is 0. The summed E-state index contributed by atoms with van der Waals surface area (Å²) in [5, 5.41) is 0. The van der Waals surface area contributed by atoms with Crippen molar-refractivity contribution in [2.75, 3.05) is 6.61 Å². The van der Waals surface area contributed by atoms with E-state index in [1.165, 1.54) is 44.9 Å². The second-order valence-electron chi connectivity index (χ2n) is 3.38. The molecule has 0 aliphatic heterocycles. The van der Waals surface area contributed by atoms with Crippen LogP contribution >= 0.6 is 8.69 Å². The fourth-order valence-corrected chi connectivity index (χ4v) is 1.54. The second kappa shape index (κ2) is 16.5. The van der Waals surface area contributed by atoms with E-state index in [1.54, 1.807) is 0 Å². The van der Waals surface area contributed by atoms with E-state index in [4.69, 9.17) is 4.52 Å². The van der Waals surface area contributed by atoms with Crippen LogP contribution in [0.2, 0.25) is 0 Å². The van der Waals surface area contributed by atoms with Crippen LogP contribution in [0, 0.1) is 0 Å². The van der Waals surface area contributed by atoms with E-state index < -0.39 is 0 Å². The number of unbranched alkanes of at least 4 members (excludes halogenated alkanes) is 7. The van der Waals surface area contributed by atoms with Gasteiger partial charge in [-0.15, -0.1) is 0 Å². The predicted molar refractivity (Wildman–Crippen MR) is 56.2 cm³/mol. The first-order valence-electron chi connectivity index (χ1n) is 5.36. The minimum atomic E-state index is -0.177. The maximum absolute atomic E-state index is 9.89. The van der Waals surface area contributed by atoms with Gasteiger partial charge in [0.05, 0.1) is 6.61 Å². The summed E-state index contributed by atoms with van der Waals surface area (Å²) >= 11 is 0. The molecule has 0 amide bonds. The molecule has 0 radical (unpaired) electrons. The molecule has 0 aliphatic rings. The van der Waals surface area contributed by atoms with Crippen LogP contribution in [0.4, 0.5) is 0 Å². The third-order valence-corrected chi connectivity index (χ3v) is 2.43. The van der Waals surface area contributed by atoms with Crippen molar-refractivity contribution in [2.45, 2.75) is 58.3 Å². The molecule has 0 spiro atoms. The summed E-state index contributed by atoms with van der Waals surface area (Å²) in [6, 6.07) is 0. The summed E-state index contributed by atoms with van der Waals surface area (Å²) in [7, 11) is -0.177. The second-order valence-corrected chi connectivity index (χ2v) is 3.79. The zero-order valence-corrected chi connectivity index (χ0v) is 12.5. The Kier molecular flexibility index (Phi) is 20.6. The number of rotatable bonds is 10. The van der Waals surface area contributed by atoms with Crippen molar-refractivity contribution in [1.29, 1.82) is 0 Å². The molecule has 14 heavy (non-hydrogen) atoms. The van der Waals surface area contributed by atoms with Crippen LogP contribution < -0.4 is 29.6 Å². The molecule has 0 saturated carbocycles. The maximum atomic E-state index is 9.89. The first kappa shape index (κ1) is 17.5. The van der Waals surface area contributed by atoms with Gasteiger partial charge in [-0.1, -0.05) is 51.9 Å². The Morgan fingerprint density at radius 2 is 1.43 bits per heavy atom. The van der Waals surface area contributed by atoms with Gasteiger partial charge in [-0.25, -0.2) is 4.57 Å². The Labute approximate surface area is 112 Å². The standard InChI is InChI=1S/C10H21O2P.Na/c1-2-3-4-5-6-7-8-9-10-12-13-11;/h2-10H2,1H3;/q;+1. The molecule has 0 rings (SSSR count). The van der Waals surface area contributed by atoms with Gasteiger partial charge in [0.1, 0.15) is 0 Å². The molecule has 4 heteroatoms. The fourth-order valence-electron chi connectivity index (χ4n) is 1.34. The molecule has 0 aromatic rings. The molecule has 0 aromatic heterocycles. The van der Waals surface area contributed by atoms with Crippen LogP contribution in [-0.4, -0.2) is 6.61 Å². The Morgan fingerprint density at radius 1 is 0.929 bits per heavy atom. The van der Waals surface area contributed by atoms with E-state index in [2.05, 4.69) is 6.92 Å². The van der Waals surface area contributed by atoms with Crippen molar-refractivity contribution in [3.05, 3.63) is 0 Å². The average molecular weight is 227 g/mol. The van der Waals surface area contributed by atoms with E-state index in [1.807, 2.05) is 0 Å². The van der Waals surface area contributed by atoms with E-state index in [-0.39, 0.29) is 38.2 Å². The molecule has 0 heterocycles. The van der Waals surface area contributed by atoms with Crippen LogP contribution in [0.25, 0.3) is 0 Å². The van der Waals surface area contributed by atoms with E-state index in [9.17, 15) is 4.57 Å². The van der Waals surface area contributed by atoms with Crippen molar-refractivity contribution in [1.82, 2.24) is 0 Å². The van der Waals surface area contributed by atoms with Crippen molar-refractivity contribution in [2.24, 2.45) is 0 Å². The summed E-state index contributed by atoms with van der Waals surface area (Å²) in [6.07, 6.45) is 10.3. The Bertz CT molecular complexity index is 112. The molecule has 0 atom stereocenters. The van der Waals surface area contributed by atoms with Crippen molar-refractivity contribution in [3.63, 3.8) is 0 Å². The molecule has 0 saturated heterocycles. The van der Waals surface area contributed by atoms with Crippen molar-refractivity contribution in [3.8, 4) is 0 Å². The number of hydrogen-bond donors (Lipinski definition) is 0. The van der Waals surface area contributed by atoms with Crippen LogP contribution in [-0.2, 0) is 9.09 Å². The third-order valence-electron chi connectivity index (χ3n) is 2.14. The van der Waals surface area contributed by atoms with Gasteiger partial charge in [0.15, 0.2) is 0 Å². The largest absolute Gasteiger partial charge is 1.00 e. The van der Waals surface area contributed by atoms with E-state index in [0.717, 1.165) is 6.42 Å². The maximum Gasteiger partial charge on any atom is 1.00 e. The fraction of sp³-hybridized carbons (Fsp3) is 1.00. The smallest absolute Gasteiger partial charge is 0.294 e. The topological polar surface area (TPSA) is 26.3 Å². The molecule has 0 aromatic carbocycles. The molecule has 78 valence electrons. The molecular formula is C10H21NaO2P+. The van der Waals surface area contributed by atoms with Gasteiger partial charge in [-0.3, -0.25) is 4.52 Å². The third kappa shape index (κ3) is 15.5. The molecule has 0 aliphatic carbocycles. The normalized spacial score (nSPS) is 10.1.